The average molecular weight is 531 g/mol. The molecule has 1 amide bonds. The fraction of sp³-hybridized carbons (Fsp3) is 0.310. The Morgan fingerprint density at radius 3 is 2.74 bits per heavy atom. The maximum Gasteiger partial charge on any atom is 0.236 e. The number of benzene rings is 1. The van der Waals surface area contributed by atoms with E-state index in [2.05, 4.69) is 15.3 Å². The predicted octanol–water partition coefficient (Wildman–Crippen LogP) is 5.13. The summed E-state index contributed by atoms with van der Waals surface area (Å²) in [6.45, 7) is 2.40. The van der Waals surface area contributed by atoms with Crippen molar-refractivity contribution in [2.24, 2.45) is 5.92 Å². The molecule has 38 heavy (non-hydrogen) atoms. The van der Waals surface area contributed by atoms with Crippen molar-refractivity contribution in [1.82, 2.24) is 20.2 Å². The lowest BCUT2D eigenvalue weighted by atomic mass is 10.0. The summed E-state index contributed by atoms with van der Waals surface area (Å²) >= 11 is 1.48. The van der Waals surface area contributed by atoms with Gasteiger partial charge in [0.05, 0.1) is 27.3 Å². The number of hydrogen-bond donors (Lipinski definition) is 1. The molecule has 2 fully saturated rings. The number of amides is 1. The van der Waals surface area contributed by atoms with Crippen LogP contribution in [0.25, 0.3) is 20.8 Å². The highest BCUT2D eigenvalue weighted by Gasteiger charge is 2.24. The minimum atomic E-state index is -0.497. The molecule has 1 aliphatic heterocycles. The number of rotatable bonds is 9. The van der Waals surface area contributed by atoms with E-state index in [4.69, 9.17) is 4.74 Å². The Morgan fingerprint density at radius 2 is 1.97 bits per heavy atom. The normalized spacial score (nSPS) is 15.7. The molecule has 0 spiro atoms. The maximum atomic E-state index is 14.9. The molecule has 1 N–H and O–H groups in total. The molecule has 1 aliphatic carbocycles. The lowest BCUT2D eigenvalue weighted by molar-refractivity contribution is -0.132. The van der Waals surface area contributed by atoms with Crippen molar-refractivity contribution in [2.75, 3.05) is 19.6 Å². The number of Topliss-reactive ketones (excluding diaryl/α,β-unsaturated/α-hetero) is 1. The Balaban J connectivity index is 1.17. The molecule has 0 unspecified atom stereocenters. The van der Waals surface area contributed by atoms with Crippen LogP contribution in [-0.2, 0) is 22.6 Å². The van der Waals surface area contributed by atoms with Gasteiger partial charge in [-0.05, 0) is 54.2 Å². The van der Waals surface area contributed by atoms with Gasteiger partial charge in [0.25, 0.3) is 0 Å². The van der Waals surface area contributed by atoms with Crippen molar-refractivity contribution in [2.45, 2.75) is 32.2 Å². The van der Waals surface area contributed by atoms with E-state index < -0.39 is 5.82 Å². The van der Waals surface area contributed by atoms with E-state index in [9.17, 15) is 14.0 Å². The molecule has 4 heterocycles. The number of halogens is 1. The minimum Gasteiger partial charge on any atom is -0.453 e. The Morgan fingerprint density at radius 1 is 1.11 bits per heavy atom. The zero-order valence-electron chi connectivity index (χ0n) is 20.8. The Hall–Kier alpha value is -3.69. The summed E-state index contributed by atoms with van der Waals surface area (Å²) in [6, 6.07) is 12.3. The van der Waals surface area contributed by atoms with Crippen molar-refractivity contribution in [3.63, 3.8) is 0 Å². The number of nitrogens with zero attached hydrogens (tertiary/aromatic N) is 3. The van der Waals surface area contributed by atoms with Crippen LogP contribution in [0.2, 0.25) is 0 Å². The number of piperazine rings is 1. The summed E-state index contributed by atoms with van der Waals surface area (Å²) in [6.07, 6.45) is 6.52. The van der Waals surface area contributed by atoms with E-state index in [-0.39, 0.29) is 23.9 Å². The van der Waals surface area contributed by atoms with Crippen LogP contribution in [0.4, 0.5) is 4.39 Å². The van der Waals surface area contributed by atoms with Gasteiger partial charge in [-0.1, -0.05) is 12.1 Å². The molecule has 194 valence electrons. The maximum absolute atomic E-state index is 14.9. The number of aromatic nitrogens is 2. The number of carbonyl (C=O) groups excluding carboxylic acids is 2. The van der Waals surface area contributed by atoms with Gasteiger partial charge in [0, 0.05) is 50.9 Å². The zero-order valence-corrected chi connectivity index (χ0v) is 21.6. The lowest BCUT2D eigenvalue weighted by Gasteiger charge is -2.27. The first-order valence-electron chi connectivity index (χ1n) is 12.8. The number of ether oxygens (including phenoxy) is 1. The third kappa shape index (κ3) is 5.58. The second-order valence-corrected chi connectivity index (χ2v) is 11.0. The number of hydrogen-bond acceptors (Lipinski definition) is 7. The fourth-order valence-electron chi connectivity index (χ4n) is 4.62. The largest absolute Gasteiger partial charge is 0.453 e. The van der Waals surface area contributed by atoms with Gasteiger partial charge in [-0.3, -0.25) is 19.6 Å². The van der Waals surface area contributed by atoms with Crippen molar-refractivity contribution in [1.29, 1.82) is 0 Å². The Kier molecular flexibility index (Phi) is 6.86. The van der Waals surface area contributed by atoms with Crippen molar-refractivity contribution in [3.8, 4) is 22.1 Å². The van der Waals surface area contributed by atoms with Gasteiger partial charge in [0.1, 0.15) is 11.5 Å². The number of fused-ring (bicyclic) bond motifs is 1. The molecule has 1 saturated carbocycles. The van der Waals surface area contributed by atoms with Gasteiger partial charge < -0.3 is 15.0 Å². The first-order chi connectivity index (χ1) is 18.5. The summed E-state index contributed by atoms with van der Waals surface area (Å²) < 4.78 is 21.6. The van der Waals surface area contributed by atoms with Gasteiger partial charge in [0.2, 0.25) is 5.91 Å². The molecule has 1 aromatic carbocycles. The monoisotopic (exact) mass is 530 g/mol. The summed E-state index contributed by atoms with van der Waals surface area (Å²) in [4.78, 5) is 36.0. The summed E-state index contributed by atoms with van der Waals surface area (Å²) in [5.41, 5.74) is 3.17. The lowest BCUT2D eigenvalue weighted by Crippen LogP contribution is -2.47. The predicted molar refractivity (Wildman–Crippen MR) is 144 cm³/mol. The van der Waals surface area contributed by atoms with E-state index in [1.165, 1.54) is 17.4 Å². The molecule has 6 rings (SSSR count). The third-order valence-corrected chi connectivity index (χ3v) is 8.01. The molecule has 9 heteroatoms. The molecular weight excluding hydrogens is 503 g/mol. The second kappa shape index (κ2) is 10.6. The molecule has 0 atom stereocenters. The third-order valence-electron chi connectivity index (χ3n) is 6.84. The topological polar surface area (TPSA) is 84.4 Å². The van der Waals surface area contributed by atoms with Crippen LogP contribution in [0.3, 0.4) is 0 Å². The molecule has 7 nitrogen and oxygen atoms in total. The first kappa shape index (κ1) is 24.6. The highest BCUT2D eigenvalue weighted by molar-refractivity contribution is 7.22. The van der Waals surface area contributed by atoms with Gasteiger partial charge in [-0.15, -0.1) is 11.3 Å². The van der Waals surface area contributed by atoms with Crippen LogP contribution in [-0.4, -0.2) is 46.2 Å². The Labute approximate surface area is 223 Å². The van der Waals surface area contributed by atoms with Gasteiger partial charge in [0.15, 0.2) is 11.6 Å². The van der Waals surface area contributed by atoms with E-state index in [0.29, 0.717) is 43.3 Å². The number of nitrogens with one attached hydrogen (secondary N) is 1. The summed E-state index contributed by atoms with van der Waals surface area (Å²) in [5.74, 6) is 0.893. The van der Waals surface area contributed by atoms with E-state index >= 15 is 0 Å². The van der Waals surface area contributed by atoms with Crippen LogP contribution in [0.5, 0.6) is 11.5 Å². The molecular formula is C29H27FN4O3S. The van der Waals surface area contributed by atoms with Crippen LogP contribution >= 0.6 is 11.3 Å². The quantitative estimate of drug-likeness (QED) is 0.323. The molecule has 0 radical (unpaired) electrons. The van der Waals surface area contributed by atoms with Crippen LogP contribution in [0.1, 0.15) is 30.4 Å². The smallest absolute Gasteiger partial charge is 0.236 e. The zero-order chi connectivity index (χ0) is 26.1. The molecule has 0 bridgehead atoms. The van der Waals surface area contributed by atoms with Crippen LogP contribution in [0, 0.1) is 11.7 Å². The van der Waals surface area contributed by atoms with Crippen molar-refractivity contribution < 1.29 is 18.7 Å². The van der Waals surface area contributed by atoms with E-state index in [1.54, 1.807) is 30.6 Å². The number of pyridine rings is 2. The molecule has 4 aromatic rings. The highest BCUT2D eigenvalue weighted by Crippen LogP contribution is 2.39. The molecule has 3 aromatic heterocycles. The van der Waals surface area contributed by atoms with Gasteiger partial charge in [-0.2, -0.15) is 0 Å². The van der Waals surface area contributed by atoms with E-state index in [0.717, 1.165) is 45.7 Å². The first-order valence-corrected chi connectivity index (χ1v) is 13.6. The second-order valence-electron chi connectivity index (χ2n) is 9.91. The number of thiophene rings is 1. The van der Waals surface area contributed by atoms with Crippen LogP contribution < -0.4 is 10.1 Å². The fourth-order valence-corrected chi connectivity index (χ4v) is 5.66. The Bertz CT molecular complexity index is 1500. The average Bonchev–Trinajstić information content (AvgIpc) is 3.61. The molecule has 2 aliphatic rings. The SMILES string of the molecule is O=C(Cc1ccc(Oc2ccnc3cc(-c4ccc(CN5CCNCC5=O)cn4)sc23)c(F)c1)CC1CC1. The minimum absolute atomic E-state index is 0.0941. The van der Waals surface area contributed by atoms with Gasteiger partial charge in [-0.25, -0.2) is 4.39 Å². The number of carbonyl (C=O) groups is 2. The highest BCUT2D eigenvalue weighted by atomic mass is 32.1. The van der Waals surface area contributed by atoms with Gasteiger partial charge >= 0.3 is 0 Å². The summed E-state index contributed by atoms with van der Waals surface area (Å²) in [5, 5.41) is 3.08. The standard InChI is InChI=1S/C29H27FN4O3S/c30-22-13-19(12-21(35)11-18-1-2-18)4-6-25(22)37-26-7-8-32-24-14-27(38-29(24)26)23-5-3-20(15-33-23)17-34-10-9-31-16-28(34)36/h3-8,13-15,18,31H,1-2,9-12,16-17H2. The van der Waals surface area contributed by atoms with E-state index in [1.807, 2.05) is 23.1 Å². The number of ketones is 1. The summed E-state index contributed by atoms with van der Waals surface area (Å²) in [7, 11) is 0. The van der Waals surface area contributed by atoms with Crippen molar-refractivity contribution in [3.05, 3.63) is 71.8 Å². The van der Waals surface area contributed by atoms with Crippen molar-refractivity contribution >= 4 is 33.2 Å². The molecule has 1 saturated heterocycles. The van der Waals surface area contributed by atoms with Crippen LogP contribution in [0.15, 0.2) is 54.9 Å².